The average Bonchev–Trinajstić information content (AvgIpc) is 2.71. The van der Waals surface area contributed by atoms with Gasteiger partial charge in [-0.15, -0.1) is 0 Å². The van der Waals surface area contributed by atoms with E-state index in [1.54, 1.807) is 6.20 Å². The maximum absolute atomic E-state index is 5.96. The van der Waals surface area contributed by atoms with Crippen molar-refractivity contribution in [2.75, 3.05) is 0 Å². The van der Waals surface area contributed by atoms with Gasteiger partial charge in [0, 0.05) is 6.20 Å². The summed E-state index contributed by atoms with van der Waals surface area (Å²) in [5.74, 6) is 0. The van der Waals surface area contributed by atoms with Gasteiger partial charge in [-0.3, -0.25) is 5.10 Å². The van der Waals surface area contributed by atoms with Gasteiger partial charge in [-0.1, -0.05) is 18.2 Å². The second-order valence-corrected chi connectivity index (χ2v) is 2.81. The summed E-state index contributed by atoms with van der Waals surface area (Å²) >= 11 is 0. The van der Waals surface area contributed by atoms with Crippen molar-refractivity contribution in [1.29, 1.82) is 0 Å². The fraction of sp³-hybridized carbons (Fsp3) is 0.100. The normalized spacial score (nSPS) is 12.7. The first kappa shape index (κ1) is 8.01. The molecule has 0 bridgehead atoms. The molecule has 1 aromatic carbocycles. The Hall–Kier alpha value is -1.61. The third-order valence-electron chi connectivity index (χ3n) is 1.93. The second kappa shape index (κ2) is 3.41. The molecule has 0 aliphatic heterocycles. The fourth-order valence-corrected chi connectivity index (χ4v) is 1.22. The number of nitrogens with one attached hydrogen (secondary N) is 1. The van der Waals surface area contributed by atoms with E-state index in [1.807, 2.05) is 30.3 Å². The molecule has 1 radical (unpaired) electrons. The Bertz CT molecular complexity index is 353. The van der Waals surface area contributed by atoms with Crippen LogP contribution >= 0.6 is 0 Å². The molecule has 2 aromatic rings. The molecule has 0 fully saturated rings. The van der Waals surface area contributed by atoms with E-state index in [9.17, 15) is 0 Å². The highest BCUT2D eigenvalue weighted by molar-refractivity contribution is 5.25. The van der Waals surface area contributed by atoms with E-state index in [2.05, 4.69) is 16.3 Å². The summed E-state index contributed by atoms with van der Waals surface area (Å²) in [6, 6.07) is 12.3. The van der Waals surface area contributed by atoms with Crippen LogP contribution in [0.5, 0.6) is 0 Å². The number of aromatic amines is 1. The van der Waals surface area contributed by atoms with Crippen molar-refractivity contribution < 1.29 is 0 Å². The monoisotopic (exact) mass is 172 g/mol. The van der Waals surface area contributed by atoms with Crippen LogP contribution in [0.3, 0.4) is 0 Å². The van der Waals surface area contributed by atoms with Crippen LogP contribution in [-0.2, 0) is 0 Å². The van der Waals surface area contributed by atoms with Crippen LogP contribution in [0.15, 0.2) is 36.5 Å². The first-order valence-electron chi connectivity index (χ1n) is 4.09. The van der Waals surface area contributed by atoms with Gasteiger partial charge >= 0.3 is 0 Å². The molecule has 3 N–H and O–H groups in total. The minimum absolute atomic E-state index is 0.163. The molecule has 3 nitrogen and oxygen atoms in total. The largest absolute Gasteiger partial charge is 0.319 e. The van der Waals surface area contributed by atoms with Crippen molar-refractivity contribution in [3.63, 3.8) is 0 Å². The molecule has 0 saturated heterocycles. The Labute approximate surface area is 76.6 Å². The third-order valence-corrected chi connectivity index (χ3v) is 1.93. The van der Waals surface area contributed by atoms with E-state index in [0.717, 1.165) is 11.3 Å². The van der Waals surface area contributed by atoms with Gasteiger partial charge in [0.05, 0.1) is 11.7 Å². The van der Waals surface area contributed by atoms with Crippen molar-refractivity contribution in [3.05, 3.63) is 53.9 Å². The van der Waals surface area contributed by atoms with Gasteiger partial charge in [0.2, 0.25) is 0 Å². The highest BCUT2D eigenvalue weighted by atomic mass is 15.1. The zero-order valence-corrected chi connectivity index (χ0v) is 7.07. The third kappa shape index (κ3) is 1.60. The first-order valence-corrected chi connectivity index (χ1v) is 4.09. The van der Waals surface area contributed by atoms with Crippen LogP contribution in [0.1, 0.15) is 17.3 Å². The van der Waals surface area contributed by atoms with Crippen molar-refractivity contribution in [3.8, 4) is 0 Å². The molecular formula is C10H10N3. The topological polar surface area (TPSA) is 54.7 Å². The summed E-state index contributed by atoms with van der Waals surface area (Å²) in [5.41, 5.74) is 7.83. The lowest BCUT2D eigenvalue weighted by atomic mass is 10.1. The highest BCUT2D eigenvalue weighted by Gasteiger charge is 2.09. The summed E-state index contributed by atoms with van der Waals surface area (Å²) in [6.07, 6.45) is 1.77. The predicted molar refractivity (Wildman–Crippen MR) is 49.9 cm³/mol. The molecule has 0 spiro atoms. The number of aromatic nitrogens is 2. The van der Waals surface area contributed by atoms with Gasteiger partial charge in [0.15, 0.2) is 0 Å². The standard InChI is InChI=1S/C10H10N3/c11-10(9-6-7-12-13-9)8-4-2-1-3-5-8/h1-2,4-7,10H,11H2,(H,12,13). The molecular weight excluding hydrogens is 162 g/mol. The van der Waals surface area contributed by atoms with Crippen molar-refractivity contribution >= 4 is 0 Å². The quantitative estimate of drug-likeness (QED) is 0.716. The van der Waals surface area contributed by atoms with Crippen LogP contribution in [0, 0.1) is 6.07 Å². The average molecular weight is 172 g/mol. The molecule has 13 heavy (non-hydrogen) atoms. The lowest BCUT2D eigenvalue weighted by Crippen LogP contribution is -2.11. The van der Waals surface area contributed by atoms with E-state index in [0.29, 0.717) is 0 Å². The zero-order valence-electron chi connectivity index (χ0n) is 7.07. The van der Waals surface area contributed by atoms with E-state index in [-0.39, 0.29) is 6.04 Å². The Kier molecular flexibility index (Phi) is 2.10. The fourth-order valence-electron chi connectivity index (χ4n) is 1.22. The van der Waals surface area contributed by atoms with Gasteiger partial charge < -0.3 is 5.73 Å². The Balaban J connectivity index is 2.29. The summed E-state index contributed by atoms with van der Waals surface area (Å²) in [7, 11) is 0. The molecule has 1 aromatic heterocycles. The Morgan fingerprint density at radius 2 is 2.38 bits per heavy atom. The number of benzene rings is 1. The number of nitrogens with zero attached hydrogens (tertiary/aromatic N) is 1. The summed E-state index contributed by atoms with van der Waals surface area (Å²) in [5, 5.41) is 6.77. The van der Waals surface area contributed by atoms with Crippen LogP contribution in [0.2, 0.25) is 0 Å². The molecule has 0 amide bonds. The molecule has 0 aliphatic carbocycles. The van der Waals surface area contributed by atoms with Crippen molar-refractivity contribution in [2.45, 2.75) is 6.04 Å². The molecule has 1 heterocycles. The van der Waals surface area contributed by atoms with E-state index >= 15 is 0 Å². The number of hydrogen-bond acceptors (Lipinski definition) is 2. The van der Waals surface area contributed by atoms with Gasteiger partial charge in [0.25, 0.3) is 0 Å². The van der Waals surface area contributed by atoms with Crippen molar-refractivity contribution in [2.24, 2.45) is 5.73 Å². The van der Waals surface area contributed by atoms with Gasteiger partial charge in [0.1, 0.15) is 0 Å². The van der Waals surface area contributed by atoms with E-state index in [4.69, 9.17) is 5.73 Å². The van der Waals surface area contributed by atoms with Crippen LogP contribution in [-0.4, -0.2) is 10.2 Å². The maximum atomic E-state index is 5.96. The Morgan fingerprint density at radius 3 is 3.00 bits per heavy atom. The summed E-state index contributed by atoms with van der Waals surface area (Å²) in [4.78, 5) is 0. The minimum Gasteiger partial charge on any atom is -0.319 e. The van der Waals surface area contributed by atoms with Crippen LogP contribution < -0.4 is 5.73 Å². The highest BCUT2D eigenvalue weighted by Crippen LogP contribution is 2.15. The first-order chi connectivity index (χ1) is 6.38. The SMILES string of the molecule is NC(c1c[c]ccc1)c1cc[nH]n1. The van der Waals surface area contributed by atoms with E-state index in [1.165, 1.54) is 0 Å². The smallest absolute Gasteiger partial charge is 0.0834 e. The number of nitrogens with two attached hydrogens (primary N) is 1. The lowest BCUT2D eigenvalue weighted by Gasteiger charge is -2.07. The lowest BCUT2D eigenvalue weighted by molar-refractivity contribution is 0.816. The summed E-state index contributed by atoms with van der Waals surface area (Å²) in [6.45, 7) is 0. The predicted octanol–water partition coefficient (Wildman–Crippen LogP) is 1.26. The number of H-pyrrole nitrogens is 1. The number of hydrogen-bond donors (Lipinski definition) is 2. The van der Waals surface area contributed by atoms with Crippen molar-refractivity contribution in [1.82, 2.24) is 10.2 Å². The maximum Gasteiger partial charge on any atom is 0.0834 e. The molecule has 3 heteroatoms. The van der Waals surface area contributed by atoms with Gasteiger partial charge in [-0.2, -0.15) is 5.10 Å². The van der Waals surface area contributed by atoms with Crippen LogP contribution in [0.4, 0.5) is 0 Å². The van der Waals surface area contributed by atoms with Gasteiger partial charge in [-0.25, -0.2) is 0 Å². The molecule has 0 aliphatic rings. The zero-order chi connectivity index (χ0) is 9.10. The number of rotatable bonds is 2. The molecule has 1 atom stereocenters. The van der Waals surface area contributed by atoms with E-state index < -0.39 is 0 Å². The molecule has 2 rings (SSSR count). The Morgan fingerprint density at radius 1 is 1.46 bits per heavy atom. The second-order valence-electron chi connectivity index (χ2n) is 2.81. The molecule has 65 valence electrons. The molecule has 0 saturated carbocycles. The minimum atomic E-state index is -0.163. The van der Waals surface area contributed by atoms with Crippen LogP contribution in [0.25, 0.3) is 0 Å². The van der Waals surface area contributed by atoms with Gasteiger partial charge in [-0.05, 0) is 23.8 Å². The summed E-state index contributed by atoms with van der Waals surface area (Å²) < 4.78 is 0. The molecule has 1 unspecified atom stereocenters.